The van der Waals surface area contributed by atoms with Gasteiger partial charge < -0.3 is 40.9 Å². The topological polar surface area (TPSA) is 105 Å². The second-order valence-corrected chi connectivity index (χ2v) is 9.92. The van der Waals surface area contributed by atoms with Crippen LogP contribution in [0.25, 0.3) is 0 Å². The van der Waals surface area contributed by atoms with Crippen LogP contribution in [0.1, 0.15) is 26.7 Å². The second kappa shape index (κ2) is 11.6. The van der Waals surface area contributed by atoms with Crippen LogP contribution >= 0.6 is 0 Å². The summed E-state index contributed by atoms with van der Waals surface area (Å²) in [5.74, 6) is 0. The lowest BCUT2D eigenvalue weighted by Gasteiger charge is -2.33. The van der Waals surface area contributed by atoms with E-state index in [1.807, 2.05) is 0 Å². The Morgan fingerprint density at radius 1 is 0.696 bits per heavy atom. The van der Waals surface area contributed by atoms with Crippen molar-refractivity contribution in [1.29, 1.82) is 0 Å². The van der Waals surface area contributed by atoms with E-state index in [-0.39, 0.29) is 13.2 Å². The fraction of sp³-hybridized carbons (Fsp3) is 1.00. The van der Waals surface area contributed by atoms with Gasteiger partial charge in [0.25, 0.3) is 0 Å². The van der Waals surface area contributed by atoms with Crippen LogP contribution in [0.5, 0.6) is 0 Å². The highest BCUT2D eigenvalue weighted by Crippen LogP contribution is 2.20. The first-order valence-corrected chi connectivity index (χ1v) is 10.6. The Kier molecular flexibility index (Phi) is 11.6. The Labute approximate surface area is 140 Å². The summed E-state index contributed by atoms with van der Waals surface area (Å²) >= 11 is 0. The monoisotopic (exact) mass is 374 g/mol. The Balaban J connectivity index is 4.91. The maximum absolute atomic E-state index is 9.31. The van der Waals surface area contributed by atoms with Gasteiger partial charge >= 0.3 is 18.1 Å². The van der Waals surface area contributed by atoms with E-state index in [1.165, 1.54) is 28.4 Å². The van der Waals surface area contributed by atoms with E-state index >= 15 is 0 Å². The van der Waals surface area contributed by atoms with E-state index in [4.69, 9.17) is 30.7 Å². The predicted octanol–water partition coefficient (Wildman–Crippen LogP) is 0.0348. The van der Waals surface area contributed by atoms with Gasteiger partial charge in [0.2, 0.25) is 0 Å². The Bertz CT molecular complexity index is 268. The van der Waals surface area contributed by atoms with Crippen molar-refractivity contribution in [3.8, 4) is 0 Å². The Morgan fingerprint density at radius 3 is 1.22 bits per heavy atom. The van der Waals surface area contributed by atoms with E-state index in [0.717, 1.165) is 0 Å². The predicted molar refractivity (Wildman–Crippen MR) is 85.1 cm³/mol. The van der Waals surface area contributed by atoms with Crippen LogP contribution < -0.4 is 0 Å². The van der Waals surface area contributed by atoms with Crippen molar-refractivity contribution in [3.05, 3.63) is 0 Å². The number of aliphatic hydroxyl groups is 2. The molecule has 0 amide bonds. The van der Waals surface area contributed by atoms with Crippen LogP contribution in [0.3, 0.4) is 0 Å². The summed E-state index contributed by atoms with van der Waals surface area (Å²) in [5, 5.41) is 18.6. The van der Waals surface area contributed by atoms with Crippen molar-refractivity contribution < 1.29 is 40.9 Å². The van der Waals surface area contributed by atoms with Gasteiger partial charge in [0.1, 0.15) is 0 Å². The van der Waals surface area contributed by atoms with Gasteiger partial charge in [0.15, 0.2) is 0 Å². The van der Waals surface area contributed by atoms with Crippen LogP contribution in [0.4, 0.5) is 0 Å². The summed E-state index contributed by atoms with van der Waals surface area (Å²) in [6.07, 6.45) is -0.265. The molecule has 0 radical (unpaired) electrons. The van der Waals surface area contributed by atoms with Crippen molar-refractivity contribution in [2.24, 2.45) is 0 Å². The van der Waals surface area contributed by atoms with Crippen LogP contribution in [0, 0.1) is 0 Å². The summed E-state index contributed by atoms with van der Waals surface area (Å²) in [7, 11) is -1.55. The van der Waals surface area contributed by atoms with Crippen LogP contribution in [-0.2, 0) is 30.7 Å². The molecular formula is C12H30O9Si2. The molecule has 11 heteroatoms. The van der Waals surface area contributed by atoms with Gasteiger partial charge in [0, 0.05) is 41.7 Å². The third-order valence-corrected chi connectivity index (χ3v) is 7.99. The Morgan fingerprint density at radius 2 is 1.00 bits per heavy atom. The molecule has 2 N–H and O–H groups in total. The number of hydrogen-bond donors (Lipinski definition) is 2. The summed E-state index contributed by atoms with van der Waals surface area (Å²) in [6, 6.07) is 0. The highest BCUT2D eigenvalue weighted by Gasteiger charge is 2.58. The minimum Gasteiger partial charge on any atom is -0.393 e. The number of hydrogen-bond acceptors (Lipinski definition) is 9. The molecule has 2 unspecified atom stereocenters. The smallest absolute Gasteiger partial charge is 0.393 e. The quantitative estimate of drug-likeness (QED) is 0.408. The lowest BCUT2D eigenvalue weighted by Crippen LogP contribution is -2.60. The molecule has 0 heterocycles. The molecule has 0 spiro atoms. The van der Waals surface area contributed by atoms with Gasteiger partial charge in [-0.1, -0.05) is 0 Å². The zero-order valence-corrected chi connectivity index (χ0v) is 16.7. The third-order valence-electron chi connectivity index (χ3n) is 2.88. The van der Waals surface area contributed by atoms with Crippen molar-refractivity contribution in [1.82, 2.24) is 0 Å². The van der Waals surface area contributed by atoms with Gasteiger partial charge in [-0.3, -0.25) is 0 Å². The highest BCUT2D eigenvalue weighted by atomic mass is 28.5. The van der Waals surface area contributed by atoms with Crippen molar-refractivity contribution >= 4 is 18.1 Å². The average molecular weight is 375 g/mol. The maximum Gasteiger partial charge on any atom is 0.673 e. The molecule has 0 aromatic heterocycles. The van der Waals surface area contributed by atoms with Gasteiger partial charge in [0.05, 0.1) is 12.2 Å². The molecule has 0 aromatic rings. The van der Waals surface area contributed by atoms with Gasteiger partial charge in [-0.25, -0.2) is 0 Å². The fourth-order valence-electron chi connectivity index (χ4n) is 1.49. The van der Waals surface area contributed by atoms with Crippen LogP contribution in [0.15, 0.2) is 0 Å². The molecule has 0 saturated carbocycles. The van der Waals surface area contributed by atoms with E-state index in [9.17, 15) is 10.2 Å². The molecule has 23 heavy (non-hydrogen) atoms. The lowest BCUT2D eigenvalue weighted by atomic mass is 10.3. The molecule has 140 valence electrons. The SMILES string of the molecule is CO[Si](OC)(OCCC(C)O)O[Si](OC)(OC)OCCC(C)O. The summed E-state index contributed by atoms with van der Waals surface area (Å²) in [6.45, 7) is 3.65. The minimum absolute atomic E-state index is 0.178. The van der Waals surface area contributed by atoms with Gasteiger partial charge in [-0.05, 0) is 26.7 Å². The normalized spacial score (nSPS) is 15.7. The lowest BCUT2D eigenvalue weighted by molar-refractivity contribution is -0.0456. The third kappa shape index (κ3) is 8.65. The first-order chi connectivity index (χ1) is 10.8. The van der Waals surface area contributed by atoms with Crippen LogP contribution in [-0.4, -0.2) is 82.2 Å². The van der Waals surface area contributed by atoms with E-state index < -0.39 is 30.3 Å². The molecule has 0 fully saturated rings. The van der Waals surface area contributed by atoms with Crippen molar-refractivity contribution in [3.63, 3.8) is 0 Å². The minimum atomic E-state index is -3.55. The van der Waals surface area contributed by atoms with Gasteiger partial charge in [-0.2, -0.15) is 0 Å². The molecule has 0 bridgehead atoms. The molecule has 0 saturated heterocycles. The van der Waals surface area contributed by atoms with E-state index in [1.54, 1.807) is 13.8 Å². The van der Waals surface area contributed by atoms with Crippen molar-refractivity contribution in [2.45, 2.75) is 38.9 Å². The maximum atomic E-state index is 9.31. The molecule has 0 rings (SSSR count). The van der Waals surface area contributed by atoms with E-state index in [2.05, 4.69) is 0 Å². The fourth-order valence-corrected chi connectivity index (χ4v) is 6.06. The first kappa shape index (κ1) is 23.1. The molecule has 9 nitrogen and oxygen atoms in total. The molecular weight excluding hydrogens is 344 g/mol. The largest absolute Gasteiger partial charge is 0.673 e. The molecule has 0 aliphatic carbocycles. The molecule has 2 atom stereocenters. The summed E-state index contributed by atoms with van der Waals surface area (Å²) in [5.41, 5.74) is 0. The first-order valence-electron chi connectivity index (χ1n) is 7.33. The summed E-state index contributed by atoms with van der Waals surface area (Å²) in [4.78, 5) is 0. The zero-order valence-electron chi connectivity index (χ0n) is 14.7. The standard InChI is InChI=1S/C12H30O9Si2/c1-11(13)7-9-19-22(15-3,16-4)21-23(17-5,18-6)20-10-8-12(2)14/h11-14H,7-10H2,1-6H3. The summed E-state index contributed by atoms with van der Waals surface area (Å²) < 4.78 is 38.1. The van der Waals surface area contributed by atoms with Crippen LogP contribution in [0.2, 0.25) is 0 Å². The highest BCUT2D eigenvalue weighted by molar-refractivity contribution is 6.68. The second-order valence-electron chi connectivity index (χ2n) is 4.89. The molecule has 0 aliphatic rings. The number of aliphatic hydroxyl groups excluding tert-OH is 2. The Hall–Kier alpha value is 0.0738. The number of rotatable bonds is 14. The van der Waals surface area contributed by atoms with E-state index in [0.29, 0.717) is 12.8 Å². The zero-order chi connectivity index (χ0) is 17.9. The van der Waals surface area contributed by atoms with Crippen molar-refractivity contribution in [2.75, 3.05) is 41.7 Å². The van der Waals surface area contributed by atoms with Gasteiger partial charge in [-0.15, -0.1) is 0 Å². The molecule has 0 aromatic carbocycles. The average Bonchev–Trinajstić information content (AvgIpc) is 2.52. The molecule has 0 aliphatic heterocycles.